The zero-order chi connectivity index (χ0) is 27.3. The molecule has 1 amide bonds. The van der Waals surface area contributed by atoms with E-state index in [4.69, 9.17) is 16.3 Å². The minimum absolute atomic E-state index is 0.104. The number of benzene rings is 3. The molecule has 3 aromatic rings. The minimum Gasteiger partial charge on any atom is -0.489 e. The van der Waals surface area contributed by atoms with E-state index in [9.17, 15) is 23.1 Å². The van der Waals surface area contributed by atoms with Gasteiger partial charge in [0.1, 0.15) is 18.4 Å². The number of ether oxygens (including phenoxy) is 1. The highest BCUT2D eigenvalue weighted by molar-refractivity contribution is 7.89. The third-order valence-electron chi connectivity index (χ3n) is 6.31. The molecule has 0 aliphatic carbocycles. The van der Waals surface area contributed by atoms with E-state index in [1.54, 1.807) is 47.4 Å². The third-order valence-corrected chi connectivity index (χ3v) is 8.05. The van der Waals surface area contributed by atoms with Gasteiger partial charge in [-0.25, -0.2) is 8.42 Å². The van der Waals surface area contributed by atoms with Crippen LogP contribution in [-0.2, 0) is 39.2 Å². The summed E-state index contributed by atoms with van der Waals surface area (Å²) in [7, 11) is -3.87. The summed E-state index contributed by atoms with van der Waals surface area (Å²) >= 11 is 5.96. The van der Waals surface area contributed by atoms with Gasteiger partial charge in [-0.1, -0.05) is 47.5 Å². The maximum atomic E-state index is 13.3. The average Bonchev–Trinajstić information content (AvgIpc) is 2.87. The fraction of sp³-hybridized carbons (Fsp3) is 0.286. The van der Waals surface area contributed by atoms with E-state index in [1.165, 1.54) is 12.1 Å². The lowest BCUT2D eigenvalue weighted by Crippen LogP contribution is -2.51. The van der Waals surface area contributed by atoms with Gasteiger partial charge in [0.05, 0.1) is 11.3 Å². The molecule has 0 radical (unpaired) electrons. The van der Waals surface area contributed by atoms with Gasteiger partial charge in [0.2, 0.25) is 15.9 Å². The van der Waals surface area contributed by atoms with Crippen molar-refractivity contribution in [1.29, 1.82) is 0 Å². The first-order chi connectivity index (χ1) is 18.1. The molecule has 3 aromatic carbocycles. The highest BCUT2D eigenvalue weighted by Gasteiger charge is 2.33. The molecule has 2 N–H and O–H groups in total. The Morgan fingerprint density at radius 1 is 1.08 bits per heavy atom. The van der Waals surface area contributed by atoms with E-state index in [0.29, 0.717) is 41.3 Å². The van der Waals surface area contributed by atoms with Crippen LogP contribution < -0.4 is 9.46 Å². The number of carboxylic acids is 1. The number of likely N-dealkylation sites (tertiary alicyclic amines) is 1. The van der Waals surface area contributed by atoms with E-state index in [0.717, 1.165) is 11.1 Å². The second kappa shape index (κ2) is 12.0. The second-order valence-corrected chi connectivity index (χ2v) is 11.5. The standard InChI is InChI=1S/C28H29ClN2O6S/c1-19-4-11-24(12-5-19)38(35,36)30-25-3-2-14-31(28(25)34)17-22-15-21(16-27(32)33)8-13-26(22)37-18-20-6-9-23(29)10-7-20/h4-13,15,25,30H,2-3,14,16-18H2,1H3,(H,32,33). The largest absolute Gasteiger partial charge is 0.489 e. The zero-order valence-electron chi connectivity index (χ0n) is 20.9. The summed E-state index contributed by atoms with van der Waals surface area (Å²) in [5, 5.41) is 9.86. The molecule has 4 rings (SSSR count). The number of halogens is 1. The van der Waals surface area contributed by atoms with E-state index < -0.39 is 22.0 Å². The summed E-state index contributed by atoms with van der Waals surface area (Å²) in [4.78, 5) is 26.3. The van der Waals surface area contributed by atoms with Crippen molar-refractivity contribution in [3.63, 3.8) is 0 Å². The van der Waals surface area contributed by atoms with Gasteiger partial charge in [0.15, 0.2) is 0 Å². The maximum Gasteiger partial charge on any atom is 0.307 e. The molecule has 0 aromatic heterocycles. The average molecular weight is 557 g/mol. The van der Waals surface area contributed by atoms with Crippen molar-refractivity contribution in [2.75, 3.05) is 6.54 Å². The molecule has 1 unspecified atom stereocenters. The molecule has 0 bridgehead atoms. The first kappa shape index (κ1) is 27.6. The van der Waals surface area contributed by atoms with Crippen molar-refractivity contribution in [1.82, 2.24) is 9.62 Å². The van der Waals surface area contributed by atoms with Gasteiger partial charge in [-0.2, -0.15) is 4.72 Å². The van der Waals surface area contributed by atoms with E-state index in [1.807, 2.05) is 19.1 Å². The number of aryl methyl sites for hydroxylation is 1. The van der Waals surface area contributed by atoms with E-state index in [2.05, 4.69) is 4.72 Å². The molecular weight excluding hydrogens is 528 g/mol. The first-order valence-electron chi connectivity index (χ1n) is 12.2. The summed E-state index contributed by atoms with van der Waals surface area (Å²) in [6.45, 7) is 2.73. The second-order valence-electron chi connectivity index (χ2n) is 9.32. The SMILES string of the molecule is Cc1ccc(S(=O)(=O)NC2CCCN(Cc3cc(CC(=O)O)ccc3OCc3ccc(Cl)cc3)C2=O)cc1. The van der Waals surface area contributed by atoms with Crippen LogP contribution in [0, 0.1) is 6.92 Å². The van der Waals surface area contributed by atoms with E-state index >= 15 is 0 Å². The number of amides is 1. The summed E-state index contributed by atoms with van der Waals surface area (Å²) in [5.74, 6) is -0.783. The molecule has 8 nitrogen and oxygen atoms in total. The third kappa shape index (κ3) is 7.12. The van der Waals surface area contributed by atoms with Gasteiger partial charge in [0, 0.05) is 23.7 Å². The van der Waals surface area contributed by atoms with Crippen LogP contribution in [0.1, 0.15) is 35.1 Å². The summed E-state index contributed by atoms with van der Waals surface area (Å²) in [5.41, 5.74) is 3.05. The van der Waals surface area contributed by atoms with Crippen LogP contribution in [-0.4, -0.2) is 42.9 Å². The van der Waals surface area contributed by atoms with Crippen molar-refractivity contribution in [2.45, 2.75) is 50.3 Å². The number of aliphatic carboxylic acids is 1. The lowest BCUT2D eigenvalue weighted by molar-refractivity contribution is -0.137. The van der Waals surface area contributed by atoms with Gasteiger partial charge in [-0.15, -0.1) is 0 Å². The predicted molar refractivity (Wildman–Crippen MR) is 144 cm³/mol. The molecule has 10 heteroatoms. The number of rotatable bonds is 10. The highest BCUT2D eigenvalue weighted by atomic mass is 35.5. The molecular formula is C28H29ClN2O6S. The fourth-order valence-corrected chi connectivity index (χ4v) is 5.66. The number of hydrogen-bond acceptors (Lipinski definition) is 5. The summed E-state index contributed by atoms with van der Waals surface area (Å²) < 4.78 is 34.4. The topological polar surface area (TPSA) is 113 Å². The number of hydrogen-bond donors (Lipinski definition) is 2. The lowest BCUT2D eigenvalue weighted by atomic mass is 10.0. The van der Waals surface area contributed by atoms with E-state index in [-0.39, 0.29) is 30.4 Å². The predicted octanol–water partition coefficient (Wildman–Crippen LogP) is 4.32. The van der Waals surface area contributed by atoms with Gasteiger partial charge in [0.25, 0.3) is 0 Å². The highest BCUT2D eigenvalue weighted by Crippen LogP contribution is 2.26. The quantitative estimate of drug-likeness (QED) is 0.384. The van der Waals surface area contributed by atoms with Gasteiger partial charge < -0.3 is 14.7 Å². The van der Waals surface area contributed by atoms with Crippen LogP contribution in [0.25, 0.3) is 0 Å². The molecule has 1 saturated heterocycles. The van der Waals surface area contributed by atoms with Gasteiger partial charge >= 0.3 is 5.97 Å². The molecule has 200 valence electrons. The molecule has 1 atom stereocenters. The summed E-state index contributed by atoms with van der Waals surface area (Å²) in [6.07, 6.45) is 0.833. The van der Waals surface area contributed by atoms with Crippen LogP contribution in [0.3, 0.4) is 0 Å². The Morgan fingerprint density at radius 3 is 2.45 bits per heavy atom. The minimum atomic E-state index is -3.87. The number of carbonyl (C=O) groups is 2. The monoisotopic (exact) mass is 556 g/mol. The van der Waals surface area contributed by atoms with Crippen molar-refractivity contribution < 1.29 is 27.9 Å². The number of carboxylic acid groups (broad SMARTS) is 1. The normalized spacial score (nSPS) is 15.9. The Balaban J connectivity index is 1.52. The Labute approximate surface area is 227 Å². The number of nitrogens with one attached hydrogen (secondary N) is 1. The van der Waals surface area contributed by atoms with Crippen molar-refractivity contribution in [3.05, 3.63) is 94.0 Å². The van der Waals surface area contributed by atoms with Crippen LogP contribution >= 0.6 is 11.6 Å². The summed E-state index contributed by atoms with van der Waals surface area (Å²) in [6, 6.07) is 17.9. The number of piperidine rings is 1. The van der Waals surface area contributed by atoms with Crippen molar-refractivity contribution in [3.8, 4) is 5.75 Å². The van der Waals surface area contributed by atoms with Gasteiger partial charge in [-0.05, 0) is 67.3 Å². The number of nitrogens with zero attached hydrogens (tertiary/aromatic N) is 1. The molecule has 1 aliphatic heterocycles. The first-order valence-corrected chi connectivity index (χ1v) is 14.1. The Kier molecular flexibility index (Phi) is 8.71. The molecule has 0 saturated carbocycles. The van der Waals surface area contributed by atoms with Crippen LogP contribution in [0.15, 0.2) is 71.6 Å². The van der Waals surface area contributed by atoms with Crippen molar-refractivity contribution in [2.24, 2.45) is 0 Å². The van der Waals surface area contributed by atoms with Gasteiger partial charge in [-0.3, -0.25) is 9.59 Å². The lowest BCUT2D eigenvalue weighted by Gasteiger charge is -2.33. The Morgan fingerprint density at radius 2 is 1.76 bits per heavy atom. The van der Waals surface area contributed by atoms with Crippen LogP contribution in [0.5, 0.6) is 5.75 Å². The molecule has 1 fully saturated rings. The Bertz CT molecular complexity index is 1410. The molecule has 0 spiro atoms. The van der Waals surface area contributed by atoms with Crippen molar-refractivity contribution >= 4 is 33.5 Å². The number of carbonyl (C=O) groups excluding carboxylic acids is 1. The molecule has 1 aliphatic rings. The Hall–Kier alpha value is -3.40. The maximum absolute atomic E-state index is 13.3. The van der Waals surface area contributed by atoms with Crippen LogP contribution in [0.4, 0.5) is 0 Å². The molecule has 38 heavy (non-hydrogen) atoms. The fourth-order valence-electron chi connectivity index (χ4n) is 4.31. The smallest absolute Gasteiger partial charge is 0.307 e. The number of sulfonamides is 1. The zero-order valence-corrected chi connectivity index (χ0v) is 22.5. The molecule has 1 heterocycles. The van der Waals surface area contributed by atoms with Crippen LogP contribution in [0.2, 0.25) is 5.02 Å².